The third kappa shape index (κ3) is 6.73. The number of nitrogens with one attached hydrogen (secondary N) is 2. The molecular weight excluding hydrogens is 322 g/mol. The first-order valence-corrected chi connectivity index (χ1v) is 10.9. The third-order valence-electron chi connectivity index (χ3n) is 6.21. The SMILES string of the molecule is CCN1CCN(CC(C)CNC(=NC)NCC2(CC(C)C)CCC2)CC1. The Hall–Kier alpha value is -0.810. The van der Waals surface area contributed by atoms with E-state index in [-0.39, 0.29) is 0 Å². The number of guanidine groups is 1. The maximum atomic E-state index is 4.44. The quantitative estimate of drug-likeness (QED) is 0.487. The van der Waals surface area contributed by atoms with Crippen molar-refractivity contribution in [2.45, 2.75) is 53.4 Å². The lowest BCUT2D eigenvalue weighted by atomic mass is 9.64. The maximum absolute atomic E-state index is 4.44. The summed E-state index contributed by atoms with van der Waals surface area (Å²) in [7, 11) is 1.89. The van der Waals surface area contributed by atoms with E-state index in [4.69, 9.17) is 0 Å². The van der Waals surface area contributed by atoms with E-state index in [0.717, 1.165) is 25.0 Å². The Morgan fingerprint density at radius 2 is 1.69 bits per heavy atom. The Kier molecular flexibility index (Phi) is 8.68. The molecule has 1 atom stereocenters. The molecule has 26 heavy (non-hydrogen) atoms. The predicted octanol–water partition coefficient (Wildman–Crippen LogP) is 2.64. The smallest absolute Gasteiger partial charge is 0.191 e. The van der Waals surface area contributed by atoms with Gasteiger partial charge in [0.15, 0.2) is 5.96 Å². The zero-order valence-electron chi connectivity index (χ0n) is 18.0. The molecule has 2 rings (SSSR count). The van der Waals surface area contributed by atoms with E-state index in [1.54, 1.807) is 0 Å². The minimum atomic E-state index is 0.510. The molecule has 0 amide bonds. The summed E-state index contributed by atoms with van der Waals surface area (Å²) in [5.41, 5.74) is 0.510. The van der Waals surface area contributed by atoms with Crippen LogP contribution in [0.4, 0.5) is 0 Å². The van der Waals surface area contributed by atoms with Gasteiger partial charge in [0, 0.05) is 52.9 Å². The van der Waals surface area contributed by atoms with Crippen molar-refractivity contribution in [3.05, 3.63) is 0 Å². The highest BCUT2D eigenvalue weighted by molar-refractivity contribution is 5.79. The van der Waals surface area contributed by atoms with E-state index in [9.17, 15) is 0 Å². The van der Waals surface area contributed by atoms with Crippen LogP contribution < -0.4 is 10.6 Å². The summed E-state index contributed by atoms with van der Waals surface area (Å²) in [6, 6.07) is 0. The van der Waals surface area contributed by atoms with Gasteiger partial charge >= 0.3 is 0 Å². The first kappa shape index (κ1) is 21.5. The molecule has 0 radical (unpaired) electrons. The van der Waals surface area contributed by atoms with Gasteiger partial charge in [-0.25, -0.2) is 0 Å². The monoisotopic (exact) mass is 365 g/mol. The van der Waals surface area contributed by atoms with Crippen LogP contribution in [0.25, 0.3) is 0 Å². The molecule has 1 aliphatic carbocycles. The molecule has 1 unspecified atom stereocenters. The van der Waals surface area contributed by atoms with Gasteiger partial charge in [-0.2, -0.15) is 0 Å². The fraction of sp³-hybridized carbons (Fsp3) is 0.952. The van der Waals surface area contributed by atoms with E-state index in [0.29, 0.717) is 11.3 Å². The largest absolute Gasteiger partial charge is 0.356 e. The molecule has 5 heteroatoms. The Morgan fingerprint density at radius 3 is 2.19 bits per heavy atom. The van der Waals surface area contributed by atoms with Gasteiger partial charge in [-0.05, 0) is 43.1 Å². The van der Waals surface area contributed by atoms with Crippen LogP contribution >= 0.6 is 0 Å². The third-order valence-corrected chi connectivity index (χ3v) is 6.21. The van der Waals surface area contributed by atoms with Gasteiger partial charge in [0.05, 0.1) is 0 Å². The van der Waals surface area contributed by atoms with Crippen molar-refractivity contribution < 1.29 is 0 Å². The number of nitrogens with zero attached hydrogens (tertiary/aromatic N) is 3. The van der Waals surface area contributed by atoms with Crippen LogP contribution in [0, 0.1) is 17.3 Å². The molecule has 152 valence electrons. The van der Waals surface area contributed by atoms with Crippen molar-refractivity contribution in [1.82, 2.24) is 20.4 Å². The lowest BCUT2D eigenvalue weighted by Crippen LogP contribution is -2.50. The van der Waals surface area contributed by atoms with Crippen LogP contribution in [0.2, 0.25) is 0 Å². The van der Waals surface area contributed by atoms with Gasteiger partial charge in [0.25, 0.3) is 0 Å². The Labute approximate surface area is 162 Å². The van der Waals surface area contributed by atoms with Crippen LogP contribution in [-0.2, 0) is 0 Å². The molecule has 2 fully saturated rings. The normalized spacial score (nSPS) is 22.9. The van der Waals surface area contributed by atoms with Crippen molar-refractivity contribution in [1.29, 1.82) is 0 Å². The molecule has 0 aromatic heterocycles. The second-order valence-corrected chi connectivity index (χ2v) is 9.10. The van der Waals surface area contributed by atoms with E-state index in [2.05, 4.69) is 53.1 Å². The molecule has 0 bridgehead atoms. The van der Waals surface area contributed by atoms with Crippen molar-refractivity contribution in [3.63, 3.8) is 0 Å². The topological polar surface area (TPSA) is 42.9 Å². The molecule has 1 saturated carbocycles. The van der Waals surface area contributed by atoms with Gasteiger partial charge in [-0.1, -0.05) is 34.1 Å². The summed E-state index contributed by atoms with van der Waals surface area (Å²) in [5, 5.41) is 7.16. The summed E-state index contributed by atoms with van der Waals surface area (Å²) in [5.74, 6) is 2.39. The van der Waals surface area contributed by atoms with Crippen LogP contribution in [0.15, 0.2) is 4.99 Å². The molecule has 0 aromatic carbocycles. The van der Waals surface area contributed by atoms with Crippen molar-refractivity contribution in [2.24, 2.45) is 22.2 Å². The number of hydrogen-bond donors (Lipinski definition) is 2. The summed E-state index contributed by atoms with van der Waals surface area (Å²) in [6.07, 6.45) is 5.46. The summed E-state index contributed by atoms with van der Waals surface area (Å²) in [4.78, 5) is 9.59. The van der Waals surface area contributed by atoms with Crippen LogP contribution in [0.5, 0.6) is 0 Å². The minimum Gasteiger partial charge on any atom is -0.356 e. The van der Waals surface area contributed by atoms with Gasteiger partial charge in [0.1, 0.15) is 0 Å². The molecule has 1 saturated heterocycles. The molecule has 1 aliphatic heterocycles. The predicted molar refractivity (Wildman–Crippen MR) is 113 cm³/mol. The van der Waals surface area contributed by atoms with E-state index < -0.39 is 0 Å². The van der Waals surface area contributed by atoms with E-state index >= 15 is 0 Å². The molecule has 2 N–H and O–H groups in total. The second kappa shape index (κ2) is 10.5. The average molecular weight is 366 g/mol. The Bertz CT molecular complexity index is 422. The van der Waals surface area contributed by atoms with Crippen LogP contribution in [-0.4, -0.2) is 75.2 Å². The van der Waals surface area contributed by atoms with E-state index in [1.165, 1.54) is 65.0 Å². The standard InChI is InChI=1S/C21H43N5/c1-6-25-10-12-26(13-11-25)16-19(4)15-23-20(22-5)24-17-21(8-7-9-21)14-18(2)3/h18-19H,6-17H2,1-5H3,(H2,22,23,24). The fourth-order valence-corrected chi connectivity index (χ4v) is 4.55. The van der Waals surface area contributed by atoms with Crippen molar-refractivity contribution in [2.75, 3.05) is 59.4 Å². The zero-order valence-corrected chi connectivity index (χ0v) is 18.0. The van der Waals surface area contributed by atoms with E-state index in [1.807, 2.05) is 7.05 Å². The minimum absolute atomic E-state index is 0.510. The number of aliphatic imine (C=N–C) groups is 1. The zero-order chi connectivity index (χ0) is 19.0. The highest BCUT2D eigenvalue weighted by atomic mass is 15.3. The summed E-state index contributed by atoms with van der Waals surface area (Å²) < 4.78 is 0. The maximum Gasteiger partial charge on any atom is 0.191 e. The molecule has 2 aliphatic rings. The van der Waals surface area contributed by atoms with Gasteiger partial charge in [0.2, 0.25) is 0 Å². The molecule has 5 nitrogen and oxygen atoms in total. The fourth-order valence-electron chi connectivity index (χ4n) is 4.55. The Balaban J connectivity index is 1.66. The first-order valence-electron chi connectivity index (χ1n) is 10.9. The first-order chi connectivity index (χ1) is 12.5. The highest BCUT2D eigenvalue weighted by Gasteiger charge is 2.37. The number of hydrogen-bond acceptors (Lipinski definition) is 3. The van der Waals surface area contributed by atoms with Gasteiger partial charge in [-0.3, -0.25) is 4.99 Å². The molecule has 1 heterocycles. The molecule has 0 spiro atoms. The number of likely N-dealkylation sites (N-methyl/N-ethyl adjacent to an activating group) is 1. The average Bonchev–Trinajstić information content (AvgIpc) is 2.59. The second-order valence-electron chi connectivity index (χ2n) is 9.10. The van der Waals surface area contributed by atoms with Gasteiger partial charge < -0.3 is 20.4 Å². The summed E-state index contributed by atoms with van der Waals surface area (Å²) >= 11 is 0. The molecular formula is C21H43N5. The number of rotatable bonds is 9. The van der Waals surface area contributed by atoms with Crippen molar-refractivity contribution >= 4 is 5.96 Å². The van der Waals surface area contributed by atoms with Crippen LogP contribution in [0.1, 0.15) is 53.4 Å². The lowest BCUT2D eigenvalue weighted by molar-refractivity contribution is 0.104. The van der Waals surface area contributed by atoms with Crippen LogP contribution in [0.3, 0.4) is 0 Å². The van der Waals surface area contributed by atoms with Crippen molar-refractivity contribution in [3.8, 4) is 0 Å². The lowest BCUT2D eigenvalue weighted by Gasteiger charge is -2.43. The summed E-state index contributed by atoms with van der Waals surface area (Å²) in [6.45, 7) is 18.6. The Morgan fingerprint density at radius 1 is 1.04 bits per heavy atom. The number of piperazine rings is 1. The highest BCUT2D eigenvalue weighted by Crippen LogP contribution is 2.45. The molecule has 0 aromatic rings. The van der Waals surface area contributed by atoms with Gasteiger partial charge in [-0.15, -0.1) is 0 Å².